The number of hydrogen-bond donors (Lipinski definition) is 2. The predicted octanol–water partition coefficient (Wildman–Crippen LogP) is 3.16. The fourth-order valence-corrected chi connectivity index (χ4v) is 2.91. The summed E-state index contributed by atoms with van der Waals surface area (Å²) in [6.45, 7) is 5.28. The second kappa shape index (κ2) is 12.2. The number of hydrogen-bond acceptors (Lipinski definition) is 4. The molecule has 3 aromatic rings. The van der Waals surface area contributed by atoms with Crippen LogP contribution in [-0.2, 0) is 13.1 Å². The molecule has 0 saturated heterocycles. The third-order valence-electron chi connectivity index (χ3n) is 4.35. The highest BCUT2D eigenvalue weighted by atomic mass is 127. The summed E-state index contributed by atoms with van der Waals surface area (Å²) in [5, 5.41) is 11.0. The molecule has 0 aliphatic heterocycles. The number of guanidine groups is 1. The van der Waals surface area contributed by atoms with E-state index in [9.17, 15) is 0 Å². The summed E-state index contributed by atoms with van der Waals surface area (Å²) in [5.41, 5.74) is 2.16. The van der Waals surface area contributed by atoms with Crippen LogP contribution in [0.1, 0.15) is 25.6 Å². The van der Waals surface area contributed by atoms with E-state index >= 15 is 0 Å². The maximum absolute atomic E-state index is 4.74. The quantitative estimate of drug-likeness (QED) is 0.201. The molecule has 9 heteroatoms. The number of aromatic amines is 1. The molecule has 0 aliphatic rings. The van der Waals surface area contributed by atoms with Crippen molar-refractivity contribution in [3.63, 3.8) is 0 Å². The maximum Gasteiger partial charge on any atom is 0.194 e. The molecule has 0 amide bonds. The van der Waals surface area contributed by atoms with E-state index in [0.717, 1.165) is 55.5 Å². The number of halogens is 1. The van der Waals surface area contributed by atoms with Gasteiger partial charge in [-0.15, -0.1) is 34.2 Å². The van der Waals surface area contributed by atoms with Crippen molar-refractivity contribution in [1.82, 2.24) is 34.9 Å². The van der Waals surface area contributed by atoms with Crippen molar-refractivity contribution in [2.24, 2.45) is 4.99 Å². The van der Waals surface area contributed by atoms with Crippen molar-refractivity contribution >= 4 is 29.9 Å². The zero-order valence-corrected chi connectivity index (χ0v) is 19.3. The van der Waals surface area contributed by atoms with E-state index in [1.165, 1.54) is 0 Å². The zero-order valence-electron chi connectivity index (χ0n) is 17.0. The Labute approximate surface area is 188 Å². The number of imidazole rings is 1. The Morgan fingerprint density at radius 3 is 2.66 bits per heavy atom. The first-order valence-electron chi connectivity index (χ1n) is 9.67. The van der Waals surface area contributed by atoms with E-state index in [2.05, 4.69) is 49.4 Å². The lowest BCUT2D eigenvalue weighted by atomic mass is 10.2. The van der Waals surface area contributed by atoms with E-state index in [1.54, 1.807) is 12.7 Å². The van der Waals surface area contributed by atoms with Gasteiger partial charge in [-0.3, -0.25) is 4.99 Å². The fraction of sp³-hybridized carbons (Fsp3) is 0.400. The first-order chi connectivity index (χ1) is 13.8. The Bertz CT molecular complexity index is 845. The number of rotatable bonds is 9. The van der Waals surface area contributed by atoms with Crippen LogP contribution in [0.3, 0.4) is 0 Å². The summed E-state index contributed by atoms with van der Waals surface area (Å²) < 4.78 is 1.99. The largest absolute Gasteiger partial charge is 0.357 e. The summed E-state index contributed by atoms with van der Waals surface area (Å²) >= 11 is 0. The Morgan fingerprint density at radius 2 is 1.93 bits per heavy atom. The molecule has 0 fully saturated rings. The zero-order chi connectivity index (χ0) is 19.6. The summed E-state index contributed by atoms with van der Waals surface area (Å²) in [6, 6.07) is 10.2. The molecule has 8 nitrogen and oxygen atoms in total. The number of H-pyrrole nitrogens is 1. The smallest absolute Gasteiger partial charge is 0.194 e. The minimum Gasteiger partial charge on any atom is -0.357 e. The number of unbranched alkanes of at least 4 members (excludes halogenated alkanes) is 1. The molecule has 2 N–H and O–H groups in total. The van der Waals surface area contributed by atoms with Crippen LogP contribution in [0.15, 0.2) is 54.2 Å². The van der Waals surface area contributed by atoms with Crippen LogP contribution in [0.25, 0.3) is 11.3 Å². The number of aliphatic imine (C=N–C) groups is 1. The number of nitrogens with zero attached hydrogens (tertiary/aromatic N) is 6. The van der Waals surface area contributed by atoms with Crippen molar-refractivity contribution in [3.8, 4) is 11.3 Å². The van der Waals surface area contributed by atoms with Crippen LogP contribution in [0.5, 0.6) is 0 Å². The molecule has 3 rings (SSSR count). The lowest BCUT2D eigenvalue weighted by Crippen LogP contribution is -2.38. The number of aromatic nitrogens is 5. The molecule has 0 radical (unpaired) electrons. The summed E-state index contributed by atoms with van der Waals surface area (Å²) in [4.78, 5) is 14.8. The molecular formula is C20H29IN8. The number of benzene rings is 1. The summed E-state index contributed by atoms with van der Waals surface area (Å²) in [6.07, 6.45) is 7.43. The van der Waals surface area contributed by atoms with E-state index in [0.29, 0.717) is 6.54 Å². The van der Waals surface area contributed by atoms with Gasteiger partial charge in [-0.2, -0.15) is 0 Å². The molecule has 156 valence electrons. The van der Waals surface area contributed by atoms with Gasteiger partial charge in [0, 0.05) is 26.7 Å². The Balaban J connectivity index is 0.00000300. The van der Waals surface area contributed by atoms with Crippen LogP contribution < -0.4 is 5.32 Å². The first kappa shape index (κ1) is 22.9. The average Bonchev–Trinajstić information content (AvgIpc) is 3.40. The van der Waals surface area contributed by atoms with Crippen LogP contribution in [0, 0.1) is 0 Å². The van der Waals surface area contributed by atoms with Gasteiger partial charge in [0.15, 0.2) is 5.96 Å². The second-order valence-electron chi connectivity index (χ2n) is 6.61. The Kier molecular flexibility index (Phi) is 9.62. The molecule has 0 saturated carbocycles. The van der Waals surface area contributed by atoms with E-state index in [-0.39, 0.29) is 24.0 Å². The SMILES string of the molecule is CCNC(=NCCCCn1cnnc1)N(C)Cc1ncc(-c2ccccc2)[nH]1.I. The van der Waals surface area contributed by atoms with Gasteiger partial charge in [-0.1, -0.05) is 30.3 Å². The van der Waals surface area contributed by atoms with E-state index in [1.807, 2.05) is 36.0 Å². The van der Waals surface area contributed by atoms with Crippen LogP contribution >= 0.6 is 24.0 Å². The molecule has 0 spiro atoms. The molecule has 0 atom stereocenters. The molecule has 29 heavy (non-hydrogen) atoms. The average molecular weight is 508 g/mol. The molecule has 2 heterocycles. The monoisotopic (exact) mass is 508 g/mol. The van der Waals surface area contributed by atoms with Gasteiger partial charge in [0.25, 0.3) is 0 Å². The lowest BCUT2D eigenvalue weighted by molar-refractivity contribution is 0.463. The first-order valence-corrected chi connectivity index (χ1v) is 9.67. The standard InChI is InChI=1S/C20H28N8.HI/c1-3-21-20(22-11-7-8-12-28-15-24-25-16-28)27(2)14-19-23-13-18(26-19)17-9-5-4-6-10-17;/h4-6,9-10,13,15-16H,3,7-8,11-12,14H2,1-2H3,(H,21,22)(H,23,26);1H. The van der Waals surface area contributed by atoms with Gasteiger partial charge in [0.1, 0.15) is 18.5 Å². The van der Waals surface area contributed by atoms with Crippen molar-refractivity contribution in [2.45, 2.75) is 32.9 Å². The second-order valence-corrected chi connectivity index (χ2v) is 6.61. The Morgan fingerprint density at radius 1 is 1.17 bits per heavy atom. The van der Waals surface area contributed by atoms with E-state index in [4.69, 9.17) is 4.99 Å². The highest BCUT2D eigenvalue weighted by Gasteiger charge is 2.09. The highest BCUT2D eigenvalue weighted by Crippen LogP contribution is 2.16. The van der Waals surface area contributed by atoms with Gasteiger partial charge in [-0.25, -0.2) is 4.98 Å². The maximum atomic E-state index is 4.74. The van der Waals surface area contributed by atoms with Gasteiger partial charge < -0.3 is 19.8 Å². The van der Waals surface area contributed by atoms with Crippen molar-refractivity contribution in [3.05, 3.63) is 55.0 Å². The van der Waals surface area contributed by atoms with Crippen molar-refractivity contribution in [2.75, 3.05) is 20.1 Å². The molecule has 0 unspecified atom stereocenters. The van der Waals surface area contributed by atoms with Gasteiger partial charge in [0.05, 0.1) is 18.4 Å². The minimum atomic E-state index is 0. The summed E-state index contributed by atoms with van der Waals surface area (Å²) in [5.74, 6) is 1.81. The molecule has 1 aromatic carbocycles. The van der Waals surface area contributed by atoms with Crippen LogP contribution in [0.2, 0.25) is 0 Å². The van der Waals surface area contributed by atoms with Gasteiger partial charge in [0.2, 0.25) is 0 Å². The van der Waals surface area contributed by atoms with Crippen LogP contribution in [-0.4, -0.2) is 55.7 Å². The normalized spacial score (nSPS) is 11.2. The topological polar surface area (TPSA) is 87.0 Å². The van der Waals surface area contributed by atoms with E-state index < -0.39 is 0 Å². The third kappa shape index (κ3) is 7.15. The van der Waals surface area contributed by atoms with Crippen LogP contribution in [0.4, 0.5) is 0 Å². The number of aryl methyl sites for hydroxylation is 1. The third-order valence-corrected chi connectivity index (χ3v) is 4.35. The van der Waals surface area contributed by atoms with Crippen molar-refractivity contribution < 1.29 is 0 Å². The highest BCUT2D eigenvalue weighted by molar-refractivity contribution is 14.0. The molecule has 0 bridgehead atoms. The Hall–Kier alpha value is -2.43. The predicted molar refractivity (Wildman–Crippen MR) is 126 cm³/mol. The fourth-order valence-electron chi connectivity index (χ4n) is 2.91. The van der Waals surface area contributed by atoms with Gasteiger partial charge in [-0.05, 0) is 25.3 Å². The van der Waals surface area contributed by atoms with Gasteiger partial charge >= 0.3 is 0 Å². The van der Waals surface area contributed by atoms with Crippen molar-refractivity contribution in [1.29, 1.82) is 0 Å². The molecule has 2 aromatic heterocycles. The lowest BCUT2D eigenvalue weighted by Gasteiger charge is -2.21. The number of nitrogens with one attached hydrogen (secondary N) is 2. The molecule has 0 aliphatic carbocycles. The minimum absolute atomic E-state index is 0. The summed E-state index contributed by atoms with van der Waals surface area (Å²) in [7, 11) is 2.03. The molecular weight excluding hydrogens is 479 g/mol.